The molecule has 12 aromatic rings. The highest BCUT2D eigenvalue weighted by Crippen LogP contribution is 2.33. The van der Waals surface area contributed by atoms with Crippen molar-refractivity contribution in [2.75, 3.05) is 87.7 Å². The van der Waals surface area contributed by atoms with Gasteiger partial charge in [-0.3, -0.25) is 14.4 Å². The first-order chi connectivity index (χ1) is 63.4. The van der Waals surface area contributed by atoms with Crippen molar-refractivity contribution in [2.24, 2.45) is 0 Å². The number of aromatic carboxylic acids is 2. The number of carboxylic acid groups (broad SMARTS) is 2. The van der Waals surface area contributed by atoms with E-state index in [0.717, 1.165) is 82.7 Å². The van der Waals surface area contributed by atoms with Crippen molar-refractivity contribution in [3.63, 3.8) is 0 Å². The SMILES string of the molecule is COC(=O)c1ccc(C)c(-c2ccc(C(=O)Nc3ccc(NC4CCS(=O)(=O)CC4)cc3)cc2)c1.COC(=O)c1ccc(C)c(-c2ccc(C(=O)O)cc2)c1.COC(=O)c1ccc(C)c(Br)c1.Cc1ccc(C(=O)O)cc1-c1ccc(C(=O)Nc2ccc(NC3CCS(=O)(=O)CC3)cc2)cc1.Cc1ccc(C)c(-c2ccc(C(=O)Nc3ccc(NC4CCS(=O)(=O)CC4)cc3)cc2)c1. The number of ether oxygens (including phenoxy) is 3. The van der Waals surface area contributed by atoms with E-state index < -0.39 is 53.4 Å². The number of anilines is 6. The number of methoxy groups -OCH3 is 3. The number of hydrogen-bond donors (Lipinski definition) is 8. The summed E-state index contributed by atoms with van der Waals surface area (Å²) in [6, 6.07) is 78.5. The van der Waals surface area contributed by atoms with Gasteiger partial charge in [0.05, 0.1) is 83.7 Å². The average Bonchev–Trinajstić information content (AvgIpc) is 0.829. The Bertz CT molecular complexity index is 6560. The molecule has 0 radical (unpaired) electrons. The normalized spacial score (nSPS) is 14.2. The van der Waals surface area contributed by atoms with Gasteiger partial charge in [0.2, 0.25) is 0 Å². The van der Waals surface area contributed by atoms with E-state index in [1.165, 1.54) is 38.0 Å². The van der Waals surface area contributed by atoms with E-state index in [4.69, 9.17) is 14.6 Å². The molecule has 133 heavy (non-hydrogen) atoms. The number of nitrogens with one attached hydrogen (secondary N) is 6. The Morgan fingerprint density at radius 1 is 0.278 bits per heavy atom. The van der Waals surface area contributed by atoms with E-state index in [1.54, 1.807) is 127 Å². The van der Waals surface area contributed by atoms with E-state index in [0.29, 0.717) is 89.0 Å². The number of carbonyl (C=O) groups excluding carboxylic acids is 6. The summed E-state index contributed by atoms with van der Waals surface area (Å²) < 4.78 is 84.4. The molecule has 3 amide bonds. The van der Waals surface area contributed by atoms with Gasteiger partial charge in [0.1, 0.15) is 29.5 Å². The maximum atomic E-state index is 12.7. The number of aryl methyl sites for hydroxylation is 6. The van der Waals surface area contributed by atoms with Crippen LogP contribution in [0, 0.1) is 41.5 Å². The molecule has 690 valence electrons. The van der Waals surface area contributed by atoms with Crippen LogP contribution in [-0.4, -0.2) is 157 Å². The molecule has 0 saturated carbocycles. The van der Waals surface area contributed by atoms with Crippen molar-refractivity contribution < 1.29 is 88.0 Å². The lowest BCUT2D eigenvalue weighted by Gasteiger charge is -2.24. The highest BCUT2D eigenvalue weighted by Gasteiger charge is 2.27. The van der Waals surface area contributed by atoms with Gasteiger partial charge in [0, 0.05) is 73.4 Å². The first kappa shape index (κ1) is 99.7. The minimum absolute atomic E-state index is 0.127. The Hall–Kier alpha value is -13.9. The molecule has 8 N–H and O–H groups in total. The van der Waals surface area contributed by atoms with Crippen LogP contribution in [0.3, 0.4) is 0 Å². The summed E-state index contributed by atoms with van der Waals surface area (Å²) in [5.41, 5.74) is 22.2. The van der Waals surface area contributed by atoms with Crippen molar-refractivity contribution in [2.45, 2.75) is 98.2 Å². The molecular formula is C104H105BrN6O19S3. The minimum atomic E-state index is -2.89. The van der Waals surface area contributed by atoms with Crippen molar-refractivity contribution in [1.29, 1.82) is 0 Å². The van der Waals surface area contributed by atoms with Gasteiger partial charge in [-0.2, -0.15) is 0 Å². The lowest BCUT2D eigenvalue weighted by atomic mass is 9.97. The predicted molar refractivity (Wildman–Crippen MR) is 527 cm³/mol. The second kappa shape index (κ2) is 45.8. The highest BCUT2D eigenvalue weighted by molar-refractivity contribution is 9.10. The molecule has 3 aliphatic rings. The number of carboxylic acids is 2. The maximum Gasteiger partial charge on any atom is 0.337 e. The molecule has 0 bridgehead atoms. The molecule has 0 spiro atoms. The molecule has 0 unspecified atom stereocenters. The molecule has 25 nitrogen and oxygen atoms in total. The summed E-state index contributed by atoms with van der Waals surface area (Å²) in [5.74, 6) is -2.35. The molecule has 3 saturated heterocycles. The van der Waals surface area contributed by atoms with Crippen LogP contribution < -0.4 is 31.9 Å². The molecule has 3 aliphatic heterocycles. The zero-order valence-electron chi connectivity index (χ0n) is 75.0. The van der Waals surface area contributed by atoms with Gasteiger partial charge in [0.15, 0.2) is 0 Å². The summed E-state index contributed by atoms with van der Waals surface area (Å²) in [6.45, 7) is 11.9. The quantitative estimate of drug-likeness (QED) is 0.0245. The highest BCUT2D eigenvalue weighted by atomic mass is 79.9. The van der Waals surface area contributed by atoms with Crippen LogP contribution in [0.5, 0.6) is 0 Å². The van der Waals surface area contributed by atoms with Gasteiger partial charge in [-0.25, -0.2) is 49.2 Å². The third-order valence-corrected chi connectivity index (χ3v) is 28.8. The average molecular weight is 1920 g/mol. The number of amides is 3. The Morgan fingerprint density at radius 2 is 0.504 bits per heavy atom. The van der Waals surface area contributed by atoms with Crippen LogP contribution >= 0.6 is 15.9 Å². The summed E-state index contributed by atoms with van der Waals surface area (Å²) >= 11 is 3.34. The summed E-state index contributed by atoms with van der Waals surface area (Å²) in [7, 11) is -4.58. The molecule has 29 heteroatoms. The fourth-order valence-electron chi connectivity index (χ4n) is 14.9. The second-order valence-electron chi connectivity index (χ2n) is 32.6. The number of esters is 3. The second-order valence-corrected chi connectivity index (χ2v) is 40.3. The lowest BCUT2D eigenvalue weighted by Crippen LogP contribution is -2.32. The minimum Gasteiger partial charge on any atom is -0.478 e. The number of hydrogen-bond acceptors (Lipinski definition) is 20. The molecule has 3 heterocycles. The third-order valence-electron chi connectivity index (χ3n) is 22.8. The fourth-order valence-corrected chi connectivity index (χ4v) is 19.7. The molecule has 0 aromatic heterocycles. The van der Waals surface area contributed by atoms with E-state index in [2.05, 4.69) is 84.6 Å². The maximum absolute atomic E-state index is 12.7. The van der Waals surface area contributed by atoms with Gasteiger partial charge in [-0.1, -0.05) is 112 Å². The predicted octanol–water partition coefficient (Wildman–Crippen LogP) is 20.2. The first-order valence-corrected chi connectivity index (χ1v) is 49.1. The molecule has 12 aromatic carbocycles. The number of sulfone groups is 3. The monoisotopic (exact) mass is 1920 g/mol. The van der Waals surface area contributed by atoms with Crippen LogP contribution in [0.4, 0.5) is 34.1 Å². The van der Waals surface area contributed by atoms with E-state index in [-0.39, 0.29) is 87.5 Å². The van der Waals surface area contributed by atoms with Gasteiger partial charge < -0.3 is 56.3 Å². The van der Waals surface area contributed by atoms with Gasteiger partial charge in [-0.15, -0.1) is 0 Å². The van der Waals surface area contributed by atoms with Gasteiger partial charge in [-0.05, 0) is 322 Å². The van der Waals surface area contributed by atoms with Crippen molar-refractivity contribution in [3.8, 4) is 44.5 Å². The van der Waals surface area contributed by atoms with Crippen LogP contribution in [-0.2, 0) is 43.7 Å². The van der Waals surface area contributed by atoms with Gasteiger partial charge in [0.25, 0.3) is 17.7 Å². The summed E-state index contributed by atoms with van der Waals surface area (Å²) in [5, 5.41) is 36.9. The molecule has 15 rings (SSSR count). The van der Waals surface area contributed by atoms with Gasteiger partial charge >= 0.3 is 29.8 Å². The Morgan fingerprint density at radius 3 is 0.774 bits per heavy atom. The largest absolute Gasteiger partial charge is 0.478 e. The van der Waals surface area contributed by atoms with Crippen LogP contribution in [0.15, 0.2) is 265 Å². The molecule has 0 aliphatic carbocycles. The zero-order valence-corrected chi connectivity index (χ0v) is 79.0. The standard InChI is InChI=1S/C27H28N2O5S.C26H26N2O5S.C26H28N2O3S.C16H14O4.C9H9BrO2/c1-18-3-4-21(27(31)34-2)17-25(18)19-5-7-20(8-6-19)26(30)29-23-11-9-22(10-12-23)28-24-13-15-35(32,33)16-14-24;1-17-2-3-20(26(30)31)16-24(17)18-4-6-19(7-5-18)25(29)28-22-10-8-21(9-11-22)27-23-12-14-34(32,33)15-13-23;1-18-3-4-19(2)25(17-18)20-5-7-21(8-6-20)26(29)28-23-11-9-22(10-12-23)27-24-13-15-32(30,31)16-14-24;1-10-3-4-13(16(19)20-2)9-14(10)11-5-7-12(8-6-11)15(17)18;1-6-3-4-7(5-8(6)10)9(11)12-2/h3-12,17,24,28H,13-16H2,1-2H3,(H,29,30);2-11,16,23,27H,12-15H2,1H3,(H,28,29)(H,30,31);3-12,17,24,27H,13-16H2,1-2H3,(H,28,29);3-9H,1-2H3,(H,17,18);3-5H,1-2H3. The number of rotatable bonds is 21. The zero-order chi connectivity index (χ0) is 95.8. The molecule has 0 atom stereocenters. The summed E-state index contributed by atoms with van der Waals surface area (Å²) in [4.78, 5) is 94.6. The lowest BCUT2D eigenvalue weighted by molar-refractivity contribution is 0.0592. The third kappa shape index (κ3) is 28.8. The number of benzene rings is 12. The van der Waals surface area contributed by atoms with Crippen molar-refractivity contribution in [3.05, 3.63) is 343 Å². The van der Waals surface area contributed by atoms with Crippen LogP contribution in [0.1, 0.15) is 155 Å². The van der Waals surface area contributed by atoms with E-state index >= 15 is 0 Å². The first-order valence-electron chi connectivity index (χ1n) is 42.8. The fraction of sp³-hybridized carbons (Fsp3) is 0.231. The molecular weight excluding hydrogens is 1810 g/mol. The Balaban J connectivity index is 0.000000166. The number of carbonyl (C=O) groups is 8. The van der Waals surface area contributed by atoms with Crippen LogP contribution in [0.25, 0.3) is 44.5 Å². The Labute approximate surface area is 783 Å². The Kier molecular flexibility index (Phi) is 34.3. The van der Waals surface area contributed by atoms with Crippen molar-refractivity contribution >= 4 is 127 Å². The summed E-state index contributed by atoms with van der Waals surface area (Å²) in [6.07, 6.45) is 3.64. The number of halogens is 1. The molecule has 3 fully saturated rings. The van der Waals surface area contributed by atoms with Crippen LogP contribution in [0.2, 0.25) is 0 Å². The topological polar surface area (TPSA) is 379 Å². The van der Waals surface area contributed by atoms with E-state index in [1.807, 2.05) is 143 Å². The smallest absolute Gasteiger partial charge is 0.337 e. The van der Waals surface area contributed by atoms with E-state index in [9.17, 15) is 68.7 Å². The van der Waals surface area contributed by atoms with Crippen molar-refractivity contribution in [1.82, 2.24) is 0 Å².